The lowest BCUT2D eigenvalue weighted by Gasteiger charge is -2.23. The SMILES string of the molecule is CC(C)CCNC(=O)c1ccc(N(Cc2ccc(Cl)cc2)S(C)(=O)=O)cc1. The van der Waals surface area contributed by atoms with E-state index in [9.17, 15) is 13.2 Å². The van der Waals surface area contributed by atoms with Crippen LogP contribution in [0.2, 0.25) is 5.02 Å². The summed E-state index contributed by atoms with van der Waals surface area (Å²) >= 11 is 5.89. The highest BCUT2D eigenvalue weighted by Gasteiger charge is 2.18. The van der Waals surface area contributed by atoms with Gasteiger partial charge in [0.15, 0.2) is 0 Å². The zero-order chi connectivity index (χ0) is 20.0. The molecule has 27 heavy (non-hydrogen) atoms. The molecule has 7 heteroatoms. The first-order chi connectivity index (χ1) is 12.7. The highest BCUT2D eigenvalue weighted by Crippen LogP contribution is 2.22. The lowest BCUT2D eigenvalue weighted by Crippen LogP contribution is -2.29. The van der Waals surface area contributed by atoms with E-state index in [2.05, 4.69) is 19.2 Å². The minimum Gasteiger partial charge on any atom is -0.352 e. The Bertz CT molecular complexity index is 863. The van der Waals surface area contributed by atoms with E-state index in [4.69, 9.17) is 11.6 Å². The van der Waals surface area contributed by atoms with Crippen molar-refractivity contribution < 1.29 is 13.2 Å². The maximum Gasteiger partial charge on any atom is 0.251 e. The van der Waals surface area contributed by atoms with E-state index in [0.29, 0.717) is 28.7 Å². The van der Waals surface area contributed by atoms with Crippen molar-refractivity contribution in [3.05, 3.63) is 64.7 Å². The molecule has 0 bridgehead atoms. The van der Waals surface area contributed by atoms with Gasteiger partial charge < -0.3 is 5.32 Å². The standard InChI is InChI=1S/C20H25ClN2O3S/c1-15(2)12-13-22-20(24)17-6-10-19(11-7-17)23(27(3,25)26)14-16-4-8-18(21)9-5-16/h4-11,15H,12-14H2,1-3H3,(H,22,24). The molecule has 2 aromatic carbocycles. The summed E-state index contributed by atoms with van der Waals surface area (Å²) in [5.41, 5.74) is 1.83. The summed E-state index contributed by atoms with van der Waals surface area (Å²) in [6.45, 7) is 5.00. The van der Waals surface area contributed by atoms with Gasteiger partial charge in [0.2, 0.25) is 10.0 Å². The molecule has 1 amide bonds. The summed E-state index contributed by atoms with van der Waals surface area (Å²) in [5.74, 6) is 0.356. The molecule has 0 aromatic heterocycles. The number of halogens is 1. The molecule has 2 aromatic rings. The van der Waals surface area contributed by atoms with Crippen LogP contribution in [-0.4, -0.2) is 27.1 Å². The zero-order valence-corrected chi connectivity index (χ0v) is 17.3. The van der Waals surface area contributed by atoms with Gasteiger partial charge in [-0.15, -0.1) is 0 Å². The van der Waals surface area contributed by atoms with Crippen LogP contribution in [0.3, 0.4) is 0 Å². The summed E-state index contributed by atoms with van der Waals surface area (Å²) in [7, 11) is -3.48. The summed E-state index contributed by atoms with van der Waals surface area (Å²) < 4.78 is 25.8. The predicted octanol–water partition coefficient (Wildman–Crippen LogP) is 4.08. The van der Waals surface area contributed by atoms with Crippen LogP contribution in [0.4, 0.5) is 5.69 Å². The van der Waals surface area contributed by atoms with Gasteiger partial charge in [0.25, 0.3) is 5.91 Å². The van der Waals surface area contributed by atoms with E-state index < -0.39 is 10.0 Å². The first-order valence-electron chi connectivity index (χ1n) is 8.77. The van der Waals surface area contributed by atoms with Gasteiger partial charge in [0.05, 0.1) is 18.5 Å². The van der Waals surface area contributed by atoms with Crippen molar-refractivity contribution >= 4 is 33.2 Å². The quantitative estimate of drug-likeness (QED) is 0.715. The number of amides is 1. The van der Waals surface area contributed by atoms with E-state index in [-0.39, 0.29) is 12.5 Å². The normalized spacial score (nSPS) is 11.4. The van der Waals surface area contributed by atoms with Crippen molar-refractivity contribution in [2.45, 2.75) is 26.8 Å². The highest BCUT2D eigenvalue weighted by molar-refractivity contribution is 7.92. The fraction of sp³-hybridized carbons (Fsp3) is 0.350. The third-order valence-corrected chi connectivity index (χ3v) is 5.46. The van der Waals surface area contributed by atoms with Crippen molar-refractivity contribution in [1.29, 1.82) is 0 Å². The molecule has 0 radical (unpaired) electrons. The van der Waals surface area contributed by atoms with Gasteiger partial charge in [0.1, 0.15) is 0 Å². The minimum absolute atomic E-state index is 0.161. The number of carbonyl (C=O) groups excluding carboxylic acids is 1. The summed E-state index contributed by atoms with van der Waals surface area (Å²) in [6.07, 6.45) is 2.07. The van der Waals surface area contributed by atoms with E-state index in [1.54, 1.807) is 48.5 Å². The average Bonchev–Trinajstić information content (AvgIpc) is 2.60. The Kier molecular flexibility index (Phi) is 7.27. The molecule has 0 atom stereocenters. The number of hydrogen-bond acceptors (Lipinski definition) is 3. The monoisotopic (exact) mass is 408 g/mol. The zero-order valence-electron chi connectivity index (χ0n) is 15.8. The number of nitrogens with zero attached hydrogens (tertiary/aromatic N) is 1. The van der Waals surface area contributed by atoms with Crippen LogP contribution in [0, 0.1) is 5.92 Å². The molecular weight excluding hydrogens is 384 g/mol. The van der Waals surface area contributed by atoms with Crippen molar-refractivity contribution in [3.8, 4) is 0 Å². The highest BCUT2D eigenvalue weighted by atomic mass is 35.5. The summed E-state index contributed by atoms with van der Waals surface area (Å²) in [4.78, 5) is 12.2. The minimum atomic E-state index is -3.48. The average molecular weight is 409 g/mol. The van der Waals surface area contributed by atoms with Gasteiger partial charge in [-0.05, 0) is 54.3 Å². The van der Waals surface area contributed by atoms with Crippen LogP contribution < -0.4 is 9.62 Å². The third kappa shape index (κ3) is 6.56. The van der Waals surface area contributed by atoms with Gasteiger partial charge >= 0.3 is 0 Å². The van der Waals surface area contributed by atoms with E-state index in [0.717, 1.165) is 18.2 Å². The van der Waals surface area contributed by atoms with Gasteiger partial charge in [-0.25, -0.2) is 8.42 Å². The number of carbonyl (C=O) groups is 1. The molecule has 2 rings (SSSR count). The summed E-state index contributed by atoms with van der Waals surface area (Å²) in [6, 6.07) is 13.6. The molecule has 146 valence electrons. The molecule has 0 spiro atoms. The fourth-order valence-electron chi connectivity index (χ4n) is 2.51. The van der Waals surface area contributed by atoms with Crippen LogP contribution >= 0.6 is 11.6 Å². The molecule has 0 heterocycles. The molecule has 0 aliphatic rings. The predicted molar refractivity (Wildman–Crippen MR) is 111 cm³/mol. The first kappa shape index (κ1) is 21.3. The van der Waals surface area contributed by atoms with Crippen molar-refractivity contribution in [2.75, 3.05) is 17.1 Å². The van der Waals surface area contributed by atoms with Gasteiger partial charge in [-0.1, -0.05) is 37.6 Å². The van der Waals surface area contributed by atoms with Gasteiger partial charge in [-0.2, -0.15) is 0 Å². The maximum absolute atomic E-state index is 12.2. The second kappa shape index (κ2) is 9.24. The Labute approximate surface area is 166 Å². The van der Waals surface area contributed by atoms with E-state index in [1.807, 2.05) is 0 Å². The maximum atomic E-state index is 12.2. The Morgan fingerprint density at radius 3 is 2.19 bits per heavy atom. The van der Waals surface area contributed by atoms with Gasteiger partial charge in [0, 0.05) is 17.1 Å². The Morgan fingerprint density at radius 2 is 1.67 bits per heavy atom. The Morgan fingerprint density at radius 1 is 1.07 bits per heavy atom. The van der Waals surface area contributed by atoms with Crippen molar-refractivity contribution in [1.82, 2.24) is 5.32 Å². The first-order valence-corrected chi connectivity index (χ1v) is 11.0. The molecule has 0 aliphatic carbocycles. The summed E-state index contributed by atoms with van der Waals surface area (Å²) in [5, 5.41) is 3.47. The molecule has 0 saturated carbocycles. The lowest BCUT2D eigenvalue weighted by molar-refractivity contribution is 0.0952. The second-order valence-corrected chi connectivity index (χ2v) is 9.22. The Hall–Kier alpha value is -2.05. The molecular formula is C20H25ClN2O3S. The third-order valence-electron chi connectivity index (χ3n) is 4.06. The number of rotatable bonds is 8. The number of sulfonamides is 1. The lowest BCUT2D eigenvalue weighted by atomic mass is 10.1. The molecule has 5 nitrogen and oxygen atoms in total. The molecule has 0 unspecified atom stereocenters. The van der Waals surface area contributed by atoms with Crippen LogP contribution in [0.15, 0.2) is 48.5 Å². The van der Waals surface area contributed by atoms with Gasteiger partial charge in [-0.3, -0.25) is 9.10 Å². The number of anilines is 1. The number of benzene rings is 2. The molecule has 1 N–H and O–H groups in total. The van der Waals surface area contributed by atoms with Crippen molar-refractivity contribution in [3.63, 3.8) is 0 Å². The topological polar surface area (TPSA) is 66.5 Å². The molecule has 0 fully saturated rings. The second-order valence-electron chi connectivity index (χ2n) is 6.88. The van der Waals surface area contributed by atoms with Crippen LogP contribution in [0.5, 0.6) is 0 Å². The van der Waals surface area contributed by atoms with Crippen LogP contribution in [0.1, 0.15) is 36.2 Å². The van der Waals surface area contributed by atoms with Crippen LogP contribution in [0.25, 0.3) is 0 Å². The smallest absolute Gasteiger partial charge is 0.251 e. The fourth-order valence-corrected chi connectivity index (χ4v) is 3.53. The number of hydrogen-bond donors (Lipinski definition) is 1. The van der Waals surface area contributed by atoms with Crippen molar-refractivity contribution in [2.24, 2.45) is 5.92 Å². The van der Waals surface area contributed by atoms with E-state index >= 15 is 0 Å². The Balaban J connectivity index is 2.15. The van der Waals surface area contributed by atoms with E-state index in [1.165, 1.54) is 4.31 Å². The molecule has 0 saturated heterocycles. The largest absolute Gasteiger partial charge is 0.352 e. The van der Waals surface area contributed by atoms with Crippen LogP contribution in [-0.2, 0) is 16.6 Å². The number of nitrogens with one attached hydrogen (secondary N) is 1. The molecule has 0 aliphatic heterocycles.